The number of nitrogens with two attached hydrogens (primary N) is 28. The van der Waals surface area contributed by atoms with Crippen LogP contribution in [0.4, 0.5) is 51.5 Å². The number of rotatable bonds is 27. The van der Waals surface area contributed by atoms with E-state index in [4.69, 9.17) is 138 Å². The maximum atomic E-state index is 11.8. The largest absolute Gasteiger partial charge is 0.399 e. The van der Waals surface area contributed by atoms with E-state index in [1.807, 2.05) is 38.0 Å². The van der Waals surface area contributed by atoms with Crippen LogP contribution >= 0.6 is 0 Å². The fraction of sp³-hybridized carbons (Fsp3) is 0.214. The van der Waals surface area contributed by atoms with Crippen LogP contribution in [0.2, 0.25) is 0 Å². The van der Waals surface area contributed by atoms with Crippen LogP contribution < -0.4 is 258 Å². The number of carbonyl (C=O) groups is 22. The third-order valence-electron chi connectivity index (χ3n) is 13.6. The molecule has 0 saturated carbocycles. The molecule has 0 saturated heterocycles. The lowest BCUT2D eigenvalue weighted by molar-refractivity contribution is -0.139. The van der Waals surface area contributed by atoms with E-state index in [-0.39, 0.29) is 66.8 Å². The highest BCUT2D eigenvalue weighted by atomic mass is 16.2. The summed E-state index contributed by atoms with van der Waals surface area (Å²) in [5.74, 6) is -3.07. The predicted molar refractivity (Wildman–Crippen MR) is 536 cm³/mol. The summed E-state index contributed by atoms with van der Waals surface area (Å²) < 4.78 is 0. The second-order valence-corrected chi connectivity index (χ2v) is 25.9. The zero-order valence-electron chi connectivity index (χ0n) is 79.9. The number of hydrogen-bond donors (Lipinski definition) is 46. The molecule has 79 nitrogen and oxygen atoms in total. The minimum atomic E-state index is -1.11. The summed E-state index contributed by atoms with van der Waals surface area (Å²) in [5, 5.41) is 45.4. The van der Waals surface area contributed by atoms with Gasteiger partial charge >= 0.3 is 59.8 Å². The molecule has 820 valence electrons. The number of urea groups is 6. The number of nitrogens with one attached hydrogen (secondary N) is 18. The van der Waals surface area contributed by atoms with Gasteiger partial charge in [-0.1, -0.05) is 29.5 Å². The van der Waals surface area contributed by atoms with E-state index in [1.165, 1.54) is 20.9 Å². The summed E-state index contributed by atoms with van der Waals surface area (Å²) in [6, 6.07) is 19.2. The zero-order valence-corrected chi connectivity index (χ0v) is 79.9. The summed E-state index contributed by atoms with van der Waals surface area (Å²) in [6.45, 7) is 9.15. The maximum absolute atomic E-state index is 11.8. The van der Waals surface area contributed by atoms with Gasteiger partial charge in [0.25, 0.3) is 41.4 Å². The van der Waals surface area contributed by atoms with Crippen LogP contribution in [0.25, 0.3) is 0 Å². The number of hydrazone groups is 9. The number of anilines is 3. The molecule has 0 bridgehead atoms. The standard InChI is InChI=1S/C14H13N5O2.C14H14N4O2.C6H12N6O2.C6H14N4O2.C6H13N3O2.C5H11N3O2.C4H12N10O2.C4H10N8O2.C4H9N5O2.C4H8N4O2.C3H7N5O2/c15-13(20)9-5-1-3-7-11(9)17-19-18-12-8-4-2-6-10(12)14(16)21;15-11-5-1-9(2-6-11)13(19)17-18-14(20)10-3-7-12(16)8-4-10;1-3(9-11-5(7)13)4(2)10-12-6(8)14;1-3(7)6(12)10-2-4(11)5(8)9;1-4(7)6(11)9-3-2-5(8)10;1-3(6)4(9)2-8-5(7)10;5-3(9-7)13-11-1(15)2(16)12-14-4(6)10-8;5-3(6)11-9-1(13)2(14)10-12-4(7)8;1-7-3(10)2(5)8-9-4(6)11;1-2(3(5)9)7-8-4(6)10;4-1(2(5)9)7-8-3(6)10/h1-8H,(H2,15,20)(H2,16,21)(H,17,18);1-8H,15-16H2,(H,17,19)(H,18,20);1-2H3,(H3,7,11,13)(H3,8,12,14);3,5H,2,7-9H2,1H3,(H,10,12);4H,2-3,7H2,1H3,(H2,8,10)(H,9,11);3H,2,6H2,1H3,(H3,7,8,10);7-8H2,(H,11,15)(H,12,16)(H3,5,9,13)(H3,6,10,14);(H,9,13)(H,10,14)(H4,5,6,11)(H4,7,8,12);1H3,(H2,5,8)(H,7,10)(H3,6,9,11);1H3,(H2,5,9)(H3,6,8,10);(H2,4,7)(H2,5,9)(H3,6,8,10)/b;;9-3+,10-4+;;;;;;;7-2+;/t;;;;;3-;;;;;/m.....0...../s1. The van der Waals surface area contributed by atoms with Crippen LogP contribution in [-0.2, 0) is 57.5 Å². The SMILES string of the molecule is C/C(=N\NC(N)=O)C(N)=O.CC(=N\NC(N)=O)/C(C)=N/NC(N)=O.CC(N)C(=O)NCC(=O)C(N)N.CC(N)C(=O)NCCC(N)=O.CNC(=O)C(N)=NNC(N)=O.C[C@H](N)C(=O)CNC(N)=O.NC(=O)NN=C(N)C(N)=O.NC(=O)c1ccccc1N=NNc1ccccc1C(N)=O.NC(N)=NNC(=O)C(=O)NN=C(N)N.NN=C(N)NNC(=O)C(=O)NNC(N)=NN.Nc1ccc(C(=O)NNC(=O)c2ccc(N)cc2)cc1. The maximum Gasteiger partial charge on any atom is 0.332 e. The molecule has 74 N–H and O–H groups in total. The molecule has 0 fully saturated rings. The van der Waals surface area contributed by atoms with Crippen LogP contribution in [-0.4, -0.2) is 234 Å². The molecule has 4 rings (SSSR count). The van der Waals surface area contributed by atoms with Crippen LogP contribution in [0.1, 0.15) is 89.4 Å². The zero-order chi connectivity index (χ0) is 116. The number of ketones is 2. The molecule has 0 aromatic heterocycles. The minimum absolute atomic E-state index is 0.00111. The van der Waals surface area contributed by atoms with Gasteiger partial charge in [0, 0.05) is 42.5 Å². The Morgan fingerprint density at radius 3 is 1.03 bits per heavy atom. The van der Waals surface area contributed by atoms with Crippen molar-refractivity contribution in [1.82, 2.24) is 91.8 Å². The van der Waals surface area contributed by atoms with Crippen molar-refractivity contribution in [3.05, 3.63) is 119 Å². The van der Waals surface area contributed by atoms with Crippen molar-refractivity contribution in [2.75, 3.05) is 43.6 Å². The van der Waals surface area contributed by atoms with Crippen LogP contribution in [0, 0.1) is 0 Å². The molecule has 0 aliphatic carbocycles. The number of carbonyl (C=O) groups excluding carboxylic acids is 22. The van der Waals surface area contributed by atoms with Gasteiger partial charge in [-0.2, -0.15) is 15.3 Å². The molecule has 0 aliphatic rings. The first-order chi connectivity index (χ1) is 69.2. The number of primary amides is 11. The van der Waals surface area contributed by atoms with Crippen LogP contribution in [0.3, 0.4) is 0 Å². The van der Waals surface area contributed by atoms with Gasteiger partial charge in [0.2, 0.25) is 53.2 Å². The summed E-state index contributed by atoms with van der Waals surface area (Å²) in [5.41, 5.74) is 161. The summed E-state index contributed by atoms with van der Waals surface area (Å²) in [6.07, 6.45) is -0.892. The Kier molecular flexibility index (Phi) is 75.8. The van der Waals surface area contributed by atoms with E-state index in [1.54, 1.807) is 146 Å². The Labute approximate surface area is 841 Å². The van der Waals surface area contributed by atoms with Crippen molar-refractivity contribution < 1.29 is 105 Å². The molecule has 26 amide bonds. The second-order valence-electron chi connectivity index (χ2n) is 25.9. The van der Waals surface area contributed by atoms with Crippen molar-refractivity contribution >= 4 is 206 Å². The minimum Gasteiger partial charge on any atom is -0.399 e. The van der Waals surface area contributed by atoms with Crippen LogP contribution in [0.15, 0.2) is 153 Å². The lowest BCUT2D eigenvalue weighted by atomic mass is 10.2. The van der Waals surface area contributed by atoms with Crippen molar-refractivity contribution in [1.29, 1.82) is 0 Å². The third-order valence-corrected chi connectivity index (χ3v) is 13.6. The Morgan fingerprint density at radius 2 is 0.698 bits per heavy atom. The summed E-state index contributed by atoms with van der Waals surface area (Å²) in [7, 11) is 1.38. The highest BCUT2D eigenvalue weighted by molar-refractivity contribution is 6.41. The molecule has 3 atom stereocenters. The van der Waals surface area contributed by atoms with Crippen molar-refractivity contribution in [2.24, 2.45) is 206 Å². The number of nitrogen functional groups attached to an aromatic ring is 2. The van der Waals surface area contributed by atoms with Gasteiger partial charge in [-0.15, -0.1) is 35.7 Å². The fourth-order valence-electron chi connectivity index (χ4n) is 6.33. The van der Waals surface area contributed by atoms with E-state index in [2.05, 4.69) is 117 Å². The quantitative estimate of drug-likeness (QED) is 0.00385. The predicted octanol–water partition coefficient (Wildman–Crippen LogP) is -20.0. The monoisotopic (exact) mass is 2110 g/mol. The average molecular weight is 2120 g/mol. The lowest BCUT2D eigenvalue weighted by Crippen LogP contribution is -2.55. The number of hydrogen-bond acceptors (Lipinski definition) is 42. The molecule has 149 heavy (non-hydrogen) atoms. The van der Waals surface area contributed by atoms with Crippen LogP contribution in [0.5, 0.6) is 0 Å². The summed E-state index contributed by atoms with van der Waals surface area (Å²) in [4.78, 5) is 234. The van der Waals surface area contributed by atoms with Crippen molar-refractivity contribution in [3.8, 4) is 0 Å². The van der Waals surface area contributed by atoms with Gasteiger partial charge in [0.15, 0.2) is 11.6 Å². The van der Waals surface area contributed by atoms with Gasteiger partial charge in [-0.05, 0) is 114 Å². The molecular weight excluding hydrogens is 1990 g/mol. The Hall–Kier alpha value is -22.1. The first-order valence-electron chi connectivity index (χ1n) is 39.5. The number of amides is 26. The van der Waals surface area contributed by atoms with Gasteiger partial charge in [-0.25, -0.2) is 66.7 Å². The topological polar surface area (TPSA) is 1460 Å². The Bertz CT molecular complexity index is 5270. The molecule has 0 aliphatic heterocycles. The number of nitrogens with zero attached hydrogens (tertiary/aromatic N) is 11. The molecule has 79 heteroatoms. The first kappa shape index (κ1) is 140. The number of para-hydroxylation sites is 1. The molecule has 0 radical (unpaired) electrons. The number of Topliss-reactive ketones (excluding diaryl/α,β-unsaturated/α-hetero) is 2. The van der Waals surface area contributed by atoms with E-state index in [9.17, 15) is 105 Å². The van der Waals surface area contributed by atoms with E-state index in [0.29, 0.717) is 50.9 Å². The van der Waals surface area contributed by atoms with E-state index in [0.717, 1.165) is 0 Å². The first-order valence-corrected chi connectivity index (χ1v) is 39.5. The normalized spacial score (nSPS) is 10.9. The second kappa shape index (κ2) is 80.8. The van der Waals surface area contributed by atoms with Gasteiger partial charge in [0.1, 0.15) is 17.6 Å². The number of likely N-dealkylation sites (N-methyl/N-ethyl adjacent to an activating group) is 1. The lowest BCUT2D eigenvalue weighted by Gasteiger charge is -2.08. The smallest absolute Gasteiger partial charge is 0.332 e. The Balaban J connectivity index is -0.000000301. The molecule has 0 heterocycles. The van der Waals surface area contributed by atoms with Gasteiger partial charge in [0.05, 0.1) is 59.5 Å². The average Bonchev–Trinajstić information content (AvgIpc) is 0.863. The number of amidine groups is 2. The molecule has 2 unspecified atom stereocenters. The summed E-state index contributed by atoms with van der Waals surface area (Å²) >= 11 is 0. The Morgan fingerprint density at radius 1 is 0.342 bits per heavy atom. The molecule has 0 spiro atoms. The molecular formula is C70H123N57O22. The van der Waals surface area contributed by atoms with Gasteiger partial charge in [-0.3, -0.25) is 115 Å². The highest BCUT2D eigenvalue weighted by Crippen LogP contribution is 2.20. The third kappa shape index (κ3) is 81.6. The molecule has 4 aromatic rings. The van der Waals surface area contributed by atoms with E-state index >= 15 is 0 Å². The highest BCUT2D eigenvalue weighted by Gasteiger charge is 2.18. The van der Waals surface area contributed by atoms with E-state index < -0.39 is 161 Å². The van der Waals surface area contributed by atoms with Crippen molar-refractivity contribution in [2.45, 2.75) is 72.3 Å². The number of benzene rings is 4. The van der Waals surface area contributed by atoms with Gasteiger partial charge < -0.3 is 182 Å². The molecule has 4 aromatic carbocycles. The fourth-order valence-corrected chi connectivity index (χ4v) is 6.33. The number of hydrazine groups is 3. The van der Waals surface area contributed by atoms with Crippen molar-refractivity contribution in [3.63, 3.8) is 0 Å². The number of guanidine groups is 4.